The van der Waals surface area contributed by atoms with Crippen LogP contribution in [0.25, 0.3) is 0 Å². The first-order chi connectivity index (χ1) is 12.9. The number of halogens is 1. The molecule has 0 spiro atoms. The molecule has 27 heavy (non-hydrogen) atoms. The second kappa shape index (κ2) is 8.13. The minimum absolute atomic E-state index is 0.109. The van der Waals surface area contributed by atoms with Crippen molar-refractivity contribution in [3.05, 3.63) is 38.6 Å². The molecule has 0 atom stereocenters. The van der Waals surface area contributed by atoms with Crippen molar-refractivity contribution in [2.75, 3.05) is 25.6 Å². The lowest BCUT2D eigenvalue weighted by Crippen LogP contribution is -2.36. The van der Waals surface area contributed by atoms with E-state index in [1.807, 2.05) is 0 Å². The molecule has 10 heteroatoms. The van der Waals surface area contributed by atoms with Crippen LogP contribution in [0.15, 0.2) is 21.2 Å². The maximum atomic E-state index is 12.4. The summed E-state index contributed by atoms with van der Waals surface area (Å²) in [7, 11) is 1.29. The highest BCUT2D eigenvalue weighted by atomic mass is 79.9. The number of nitrogens with one attached hydrogen (secondary N) is 1. The van der Waals surface area contributed by atoms with Gasteiger partial charge in [-0.2, -0.15) is 0 Å². The average Bonchev–Trinajstić information content (AvgIpc) is 3.23. The quantitative estimate of drug-likeness (QED) is 0.704. The van der Waals surface area contributed by atoms with Crippen LogP contribution in [-0.4, -0.2) is 43.1 Å². The Morgan fingerprint density at radius 2 is 2.15 bits per heavy atom. The first-order valence-corrected chi connectivity index (χ1v) is 9.76. The highest BCUT2D eigenvalue weighted by Crippen LogP contribution is 2.38. The second-order valence-electron chi connectivity index (χ2n) is 5.63. The maximum absolute atomic E-state index is 12.4. The summed E-state index contributed by atoms with van der Waals surface area (Å²) in [5.74, 6) is -0.906. The predicted molar refractivity (Wildman–Crippen MR) is 101 cm³/mol. The van der Waals surface area contributed by atoms with Gasteiger partial charge in [0, 0.05) is 11.4 Å². The molecule has 0 bridgehead atoms. The third-order valence-corrected chi connectivity index (χ3v) is 5.55. The molecule has 3 rings (SSSR count). The van der Waals surface area contributed by atoms with Crippen LogP contribution in [0.5, 0.6) is 0 Å². The number of furan rings is 1. The van der Waals surface area contributed by atoms with Crippen LogP contribution in [0, 0.1) is 0 Å². The van der Waals surface area contributed by atoms with E-state index in [4.69, 9.17) is 13.9 Å². The summed E-state index contributed by atoms with van der Waals surface area (Å²) >= 11 is 4.39. The van der Waals surface area contributed by atoms with Crippen molar-refractivity contribution in [1.82, 2.24) is 4.90 Å². The zero-order valence-electron chi connectivity index (χ0n) is 14.7. The fraction of sp³-hybridized carbons (Fsp3) is 0.353. The lowest BCUT2D eigenvalue weighted by molar-refractivity contribution is 0.0600. The summed E-state index contributed by atoms with van der Waals surface area (Å²) in [6, 6.07) is 3.13. The Bertz CT molecular complexity index is 890. The highest BCUT2D eigenvalue weighted by Gasteiger charge is 2.31. The number of fused-ring (bicyclic) bond motifs is 1. The molecular formula is C17H17BrN2O6S. The number of ether oxygens (including phenoxy) is 2. The van der Waals surface area contributed by atoms with Crippen molar-refractivity contribution < 1.29 is 28.3 Å². The van der Waals surface area contributed by atoms with Gasteiger partial charge in [-0.15, -0.1) is 11.3 Å². The normalized spacial score (nSPS) is 13.1. The monoisotopic (exact) mass is 456 g/mol. The van der Waals surface area contributed by atoms with E-state index < -0.39 is 18.0 Å². The largest absolute Gasteiger partial charge is 0.465 e. The van der Waals surface area contributed by atoms with E-state index in [2.05, 4.69) is 21.2 Å². The lowest BCUT2D eigenvalue weighted by Gasteiger charge is -2.26. The summed E-state index contributed by atoms with van der Waals surface area (Å²) in [5, 5.41) is 3.08. The van der Waals surface area contributed by atoms with Crippen molar-refractivity contribution in [2.45, 2.75) is 19.9 Å². The molecule has 2 aromatic rings. The number of thiophene rings is 1. The molecule has 2 aromatic heterocycles. The van der Waals surface area contributed by atoms with Crippen LogP contribution >= 0.6 is 27.3 Å². The Morgan fingerprint density at radius 3 is 2.78 bits per heavy atom. The first-order valence-electron chi connectivity index (χ1n) is 8.15. The second-order valence-corrected chi connectivity index (χ2v) is 7.51. The van der Waals surface area contributed by atoms with E-state index in [-0.39, 0.29) is 5.76 Å². The number of amides is 2. The zero-order valence-corrected chi connectivity index (χ0v) is 17.1. The van der Waals surface area contributed by atoms with Gasteiger partial charge in [-0.3, -0.25) is 4.79 Å². The molecule has 0 aliphatic carbocycles. The van der Waals surface area contributed by atoms with Gasteiger partial charge in [-0.25, -0.2) is 9.59 Å². The number of carbonyl (C=O) groups excluding carboxylic acids is 3. The summed E-state index contributed by atoms with van der Waals surface area (Å²) < 4.78 is 15.6. The van der Waals surface area contributed by atoms with Crippen molar-refractivity contribution in [2.24, 2.45) is 0 Å². The van der Waals surface area contributed by atoms with Gasteiger partial charge in [0.1, 0.15) is 5.00 Å². The molecule has 0 saturated heterocycles. The Kier molecular flexibility index (Phi) is 5.85. The van der Waals surface area contributed by atoms with Crippen molar-refractivity contribution in [1.29, 1.82) is 0 Å². The van der Waals surface area contributed by atoms with E-state index >= 15 is 0 Å². The summed E-state index contributed by atoms with van der Waals surface area (Å²) in [6.07, 6.45) is 0.0687. The number of nitrogens with zero attached hydrogens (tertiary/aromatic N) is 1. The van der Waals surface area contributed by atoms with E-state index in [9.17, 15) is 14.4 Å². The SMILES string of the molecule is CCOC(=O)N1CCc2c(sc(NC(=O)c3ccc(Br)o3)c2C(=O)OC)C1. The number of esters is 1. The molecule has 1 aliphatic rings. The molecule has 0 unspecified atom stereocenters. The van der Waals surface area contributed by atoms with Gasteiger partial charge >= 0.3 is 12.1 Å². The van der Waals surface area contributed by atoms with E-state index in [0.29, 0.717) is 41.4 Å². The molecule has 2 amide bonds. The van der Waals surface area contributed by atoms with E-state index in [0.717, 1.165) is 10.4 Å². The van der Waals surface area contributed by atoms with Gasteiger partial charge in [0.05, 0.1) is 25.8 Å². The van der Waals surface area contributed by atoms with Crippen molar-refractivity contribution in [3.8, 4) is 0 Å². The molecule has 0 radical (unpaired) electrons. The van der Waals surface area contributed by atoms with Crippen LogP contribution in [0.2, 0.25) is 0 Å². The molecule has 0 saturated carbocycles. The third kappa shape index (κ3) is 4.01. The predicted octanol–water partition coefficient (Wildman–Crippen LogP) is 3.66. The molecule has 1 aliphatic heterocycles. The Morgan fingerprint density at radius 1 is 1.37 bits per heavy atom. The van der Waals surface area contributed by atoms with Gasteiger partial charge < -0.3 is 24.1 Å². The number of rotatable bonds is 4. The van der Waals surface area contributed by atoms with E-state index in [1.54, 1.807) is 17.9 Å². The minimum Gasteiger partial charge on any atom is -0.465 e. The smallest absolute Gasteiger partial charge is 0.410 e. The minimum atomic E-state index is -0.534. The molecular weight excluding hydrogens is 440 g/mol. The Balaban J connectivity index is 1.89. The Labute approximate surface area is 167 Å². The number of hydrogen-bond donors (Lipinski definition) is 1. The standard InChI is InChI=1S/C17H17BrN2O6S/c1-3-25-17(23)20-7-6-9-11(8-20)27-15(13(9)16(22)24-2)19-14(21)10-4-5-12(18)26-10/h4-5H,3,6-8H2,1-2H3,(H,19,21). The highest BCUT2D eigenvalue weighted by molar-refractivity contribution is 9.10. The molecule has 3 heterocycles. The van der Waals surface area contributed by atoms with Gasteiger partial charge in [-0.05, 0) is 47.0 Å². The fourth-order valence-corrected chi connectivity index (χ4v) is 4.33. The number of hydrogen-bond acceptors (Lipinski definition) is 7. The van der Waals surface area contributed by atoms with Crippen molar-refractivity contribution in [3.63, 3.8) is 0 Å². The Hall–Kier alpha value is -2.33. The van der Waals surface area contributed by atoms with Gasteiger partial charge in [0.25, 0.3) is 5.91 Å². The fourth-order valence-electron chi connectivity index (χ4n) is 2.78. The topological polar surface area (TPSA) is 98.1 Å². The van der Waals surface area contributed by atoms with Gasteiger partial charge in [-0.1, -0.05) is 0 Å². The molecule has 0 aromatic carbocycles. The molecule has 8 nitrogen and oxygen atoms in total. The maximum Gasteiger partial charge on any atom is 0.410 e. The first kappa shape index (κ1) is 19.4. The lowest BCUT2D eigenvalue weighted by atomic mass is 10.0. The number of carbonyl (C=O) groups is 3. The van der Waals surface area contributed by atoms with Crippen LogP contribution in [0.4, 0.5) is 9.80 Å². The van der Waals surface area contributed by atoms with Gasteiger partial charge in [0.15, 0.2) is 10.4 Å². The molecule has 144 valence electrons. The van der Waals surface area contributed by atoms with Crippen LogP contribution in [0.1, 0.15) is 38.3 Å². The summed E-state index contributed by atoms with van der Waals surface area (Å²) in [4.78, 5) is 39.1. The third-order valence-electron chi connectivity index (χ3n) is 4.00. The van der Waals surface area contributed by atoms with Gasteiger partial charge in [0.2, 0.25) is 0 Å². The average molecular weight is 457 g/mol. The summed E-state index contributed by atoms with van der Waals surface area (Å²) in [6.45, 7) is 2.77. The van der Waals surface area contributed by atoms with Crippen molar-refractivity contribution >= 4 is 50.2 Å². The van der Waals surface area contributed by atoms with Crippen LogP contribution in [-0.2, 0) is 22.4 Å². The zero-order chi connectivity index (χ0) is 19.6. The molecule has 0 fully saturated rings. The van der Waals surface area contributed by atoms with Crippen LogP contribution in [0.3, 0.4) is 0 Å². The number of methoxy groups -OCH3 is 1. The molecule has 1 N–H and O–H groups in total. The van der Waals surface area contributed by atoms with E-state index in [1.165, 1.54) is 24.5 Å². The summed E-state index contributed by atoms with van der Waals surface area (Å²) in [5.41, 5.74) is 1.10. The number of anilines is 1. The van der Waals surface area contributed by atoms with Crippen LogP contribution < -0.4 is 5.32 Å².